The lowest BCUT2D eigenvalue weighted by atomic mass is 10.1. The summed E-state index contributed by atoms with van der Waals surface area (Å²) in [6.07, 6.45) is 2.48. The number of benzene rings is 1. The van der Waals surface area contributed by atoms with Gasteiger partial charge in [-0.15, -0.1) is 0 Å². The van der Waals surface area contributed by atoms with E-state index in [0.717, 1.165) is 18.4 Å². The van der Waals surface area contributed by atoms with E-state index in [0.29, 0.717) is 45.2 Å². The molecule has 1 aromatic carbocycles. The topological polar surface area (TPSA) is 52.7 Å². The maximum Gasteiger partial charge on any atom is 0.234 e. The number of rotatable bonds is 5. The average Bonchev–Trinajstić information content (AvgIpc) is 3.34. The Morgan fingerprint density at radius 1 is 1.09 bits per heavy atom. The Labute approximate surface area is 135 Å². The van der Waals surface area contributed by atoms with Crippen molar-refractivity contribution in [1.29, 1.82) is 0 Å². The van der Waals surface area contributed by atoms with Crippen molar-refractivity contribution >= 4 is 11.8 Å². The van der Waals surface area contributed by atoms with Crippen LogP contribution in [0.25, 0.3) is 0 Å². The van der Waals surface area contributed by atoms with Crippen molar-refractivity contribution in [2.75, 3.05) is 32.7 Å². The van der Waals surface area contributed by atoms with Gasteiger partial charge >= 0.3 is 0 Å². The molecule has 1 heterocycles. The van der Waals surface area contributed by atoms with E-state index in [9.17, 15) is 14.0 Å². The third kappa shape index (κ3) is 4.76. The van der Waals surface area contributed by atoms with E-state index >= 15 is 0 Å². The van der Waals surface area contributed by atoms with Gasteiger partial charge in [0.05, 0.1) is 13.0 Å². The maximum absolute atomic E-state index is 12.9. The van der Waals surface area contributed by atoms with Crippen molar-refractivity contribution in [3.63, 3.8) is 0 Å². The number of nitrogens with one attached hydrogen (secondary N) is 1. The molecule has 2 amide bonds. The lowest BCUT2D eigenvalue weighted by molar-refractivity contribution is -0.132. The first kappa shape index (κ1) is 15.9. The van der Waals surface area contributed by atoms with E-state index in [2.05, 4.69) is 10.2 Å². The number of hydrogen-bond donors (Lipinski definition) is 1. The lowest BCUT2D eigenvalue weighted by Gasteiger charge is -2.34. The van der Waals surface area contributed by atoms with E-state index in [-0.39, 0.29) is 17.6 Å². The third-order valence-electron chi connectivity index (χ3n) is 4.30. The summed E-state index contributed by atoms with van der Waals surface area (Å²) in [4.78, 5) is 28.0. The van der Waals surface area contributed by atoms with Gasteiger partial charge in [-0.25, -0.2) is 4.39 Å². The quantitative estimate of drug-likeness (QED) is 0.873. The van der Waals surface area contributed by atoms with Crippen molar-refractivity contribution in [3.8, 4) is 0 Å². The maximum atomic E-state index is 12.9. The first-order chi connectivity index (χ1) is 11.1. The molecule has 3 rings (SSSR count). The SMILES string of the molecule is O=C(CN1CCN(C(=O)Cc2ccc(F)cc2)CC1)NC1CC1. The van der Waals surface area contributed by atoms with Crippen LogP contribution in [-0.4, -0.2) is 60.4 Å². The molecule has 1 aromatic rings. The zero-order valence-electron chi connectivity index (χ0n) is 13.1. The second-order valence-corrected chi connectivity index (χ2v) is 6.30. The predicted molar refractivity (Wildman–Crippen MR) is 84.3 cm³/mol. The zero-order chi connectivity index (χ0) is 16.2. The number of amides is 2. The molecule has 0 aromatic heterocycles. The third-order valence-corrected chi connectivity index (χ3v) is 4.30. The molecule has 2 fully saturated rings. The second kappa shape index (κ2) is 7.08. The fourth-order valence-electron chi connectivity index (χ4n) is 2.75. The molecule has 1 N–H and O–H groups in total. The Hall–Kier alpha value is -1.95. The fraction of sp³-hybridized carbons (Fsp3) is 0.529. The van der Waals surface area contributed by atoms with Gasteiger partial charge < -0.3 is 10.2 Å². The van der Waals surface area contributed by atoms with E-state index in [1.807, 2.05) is 4.90 Å². The molecule has 124 valence electrons. The summed E-state index contributed by atoms with van der Waals surface area (Å²) in [6, 6.07) is 6.43. The van der Waals surface area contributed by atoms with Crippen LogP contribution in [0.1, 0.15) is 18.4 Å². The molecule has 0 unspecified atom stereocenters. The zero-order valence-corrected chi connectivity index (χ0v) is 13.1. The molecule has 0 spiro atoms. The average molecular weight is 319 g/mol. The first-order valence-corrected chi connectivity index (χ1v) is 8.14. The molecule has 1 saturated carbocycles. The highest BCUT2D eigenvalue weighted by Gasteiger charge is 2.26. The molecule has 0 atom stereocenters. The monoisotopic (exact) mass is 319 g/mol. The van der Waals surface area contributed by atoms with Gasteiger partial charge in [-0.3, -0.25) is 14.5 Å². The van der Waals surface area contributed by atoms with Crippen LogP contribution in [0.3, 0.4) is 0 Å². The predicted octanol–water partition coefficient (Wildman–Crippen LogP) is 0.791. The van der Waals surface area contributed by atoms with Crippen molar-refractivity contribution < 1.29 is 14.0 Å². The van der Waals surface area contributed by atoms with Gasteiger partial charge in [-0.2, -0.15) is 0 Å². The summed E-state index contributed by atoms with van der Waals surface area (Å²) in [5.41, 5.74) is 0.822. The minimum atomic E-state index is -0.292. The number of piperazine rings is 1. The molecule has 23 heavy (non-hydrogen) atoms. The Morgan fingerprint density at radius 2 is 1.74 bits per heavy atom. The Morgan fingerprint density at radius 3 is 2.35 bits per heavy atom. The van der Waals surface area contributed by atoms with Crippen molar-refractivity contribution in [2.45, 2.75) is 25.3 Å². The van der Waals surface area contributed by atoms with E-state index < -0.39 is 0 Å². The van der Waals surface area contributed by atoms with Gasteiger partial charge in [0, 0.05) is 32.2 Å². The molecule has 5 nitrogen and oxygen atoms in total. The largest absolute Gasteiger partial charge is 0.352 e. The van der Waals surface area contributed by atoms with Crippen LogP contribution >= 0.6 is 0 Å². The highest BCUT2D eigenvalue weighted by Crippen LogP contribution is 2.18. The van der Waals surface area contributed by atoms with Gasteiger partial charge in [-0.05, 0) is 30.5 Å². The summed E-state index contributed by atoms with van der Waals surface area (Å²) in [6.45, 7) is 3.12. The van der Waals surface area contributed by atoms with Crippen LogP contribution in [0.2, 0.25) is 0 Å². The second-order valence-electron chi connectivity index (χ2n) is 6.30. The molecule has 0 radical (unpaired) electrons. The van der Waals surface area contributed by atoms with Crippen LogP contribution in [0.4, 0.5) is 4.39 Å². The summed E-state index contributed by atoms with van der Waals surface area (Å²) < 4.78 is 12.9. The van der Waals surface area contributed by atoms with E-state index in [1.165, 1.54) is 12.1 Å². The van der Waals surface area contributed by atoms with Gasteiger partial charge in [0.1, 0.15) is 5.82 Å². The molecule has 1 aliphatic heterocycles. The standard InChI is InChI=1S/C17H22FN3O2/c18-14-3-1-13(2-4-14)11-17(23)21-9-7-20(8-10-21)12-16(22)19-15-5-6-15/h1-4,15H,5-12H2,(H,19,22). The number of nitrogens with zero attached hydrogens (tertiary/aromatic N) is 2. The molecule has 6 heteroatoms. The Kier molecular flexibility index (Phi) is 4.91. The number of hydrogen-bond acceptors (Lipinski definition) is 3. The smallest absolute Gasteiger partial charge is 0.234 e. The molecular formula is C17H22FN3O2. The van der Waals surface area contributed by atoms with E-state index in [4.69, 9.17) is 0 Å². The number of carbonyl (C=O) groups excluding carboxylic acids is 2. The minimum absolute atomic E-state index is 0.0543. The van der Waals surface area contributed by atoms with Crippen molar-refractivity contribution in [3.05, 3.63) is 35.6 Å². The van der Waals surface area contributed by atoms with Gasteiger partial charge in [0.15, 0.2) is 0 Å². The first-order valence-electron chi connectivity index (χ1n) is 8.14. The summed E-state index contributed by atoms with van der Waals surface area (Å²) in [5, 5.41) is 2.98. The summed E-state index contributed by atoms with van der Waals surface area (Å²) >= 11 is 0. The summed E-state index contributed by atoms with van der Waals surface area (Å²) in [5.74, 6) is -0.156. The molecule has 1 saturated heterocycles. The molecular weight excluding hydrogens is 297 g/mol. The minimum Gasteiger partial charge on any atom is -0.352 e. The van der Waals surface area contributed by atoms with Gasteiger partial charge in [-0.1, -0.05) is 12.1 Å². The van der Waals surface area contributed by atoms with Crippen LogP contribution in [0, 0.1) is 5.82 Å². The molecule has 2 aliphatic rings. The normalized spacial score (nSPS) is 18.7. The fourth-order valence-corrected chi connectivity index (χ4v) is 2.75. The van der Waals surface area contributed by atoms with Gasteiger partial charge in [0.25, 0.3) is 0 Å². The lowest BCUT2D eigenvalue weighted by Crippen LogP contribution is -2.51. The Bertz CT molecular complexity index is 564. The highest BCUT2D eigenvalue weighted by molar-refractivity contribution is 5.79. The van der Waals surface area contributed by atoms with E-state index in [1.54, 1.807) is 12.1 Å². The van der Waals surface area contributed by atoms with Crippen LogP contribution in [0.15, 0.2) is 24.3 Å². The molecule has 0 bridgehead atoms. The van der Waals surface area contributed by atoms with Crippen LogP contribution in [0.5, 0.6) is 0 Å². The van der Waals surface area contributed by atoms with Crippen molar-refractivity contribution in [2.24, 2.45) is 0 Å². The van der Waals surface area contributed by atoms with Crippen molar-refractivity contribution in [1.82, 2.24) is 15.1 Å². The highest BCUT2D eigenvalue weighted by atomic mass is 19.1. The van der Waals surface area contributed by atoms with Crippen LogP contribution in [-0.2, 0) is 16.0 Å². The summed E-state index contributed by atoms with van der Waals surface area (Å²) in [7, 11) is 0. The van der Waals surface area contributed by atoms with Gasteiger partial charge in [0.2, 0.25) is 11.8 Å². The number of carbonyl (C=O) groups is 2. The van der Waals surface area contributed by atoms with Crippen LogP contribution < -0.4 is 5.32 Å². The number of halogens is 1. The molecule has 1 aliphatic carbocycles. The Balaban J connectivity index is 1.41.